The number of rotatable bonds is 4. The molecule has 6 heteroatoms. The number of carbonyl (C=O) groups excluding carboxylic acids is 2. The first-order valence-electron chi connectivity index (χ1n) is 7.14. The van der Waals surface area contributed by atoms with E-state index in [4.69, 9.17) is 22.1 Å². The maximum Gasteiger partial charge on any atom is 0.333 e. The van der Waals surface area contributed by atoms with E-state index in [-0.39, 0.29) is 12.6 Å². The van der Waals surface area contributed by atoms with Crippen molar-refractivity contribution in [3.63, 3.8) is 0 Å². The summed E-state index contributed by atoms with van der Waals surface area (Å²) in [6.45, 7) is 2.49. The number of nitrogens with two attached hydrogens (primary N) is 1. The van der Waals surface area contributed by atoms with Crippen LogP contribution in [0.25, 0.3) is 6.08 Å². The van der Waals surface area contributed by atoms with Gasteiger partial charge in [0.2, 0.25) is 0 Å². The van der Waals surface area contributed by atoms with Gasteiger partial charge in [-0.2, -0.15) is 0 Å². The molecule has 0 saturated carbocycles. The third-order valence-corrected chi connectivity index (χ3v) is 3.89. The Labute approximate surface area is 134 Å². The van der Waals surface area contributed by atoms with E-state index in [2.05, 4.69) is 0 Å². The summed E-state index contributed by atoms with van der Waals surface area (Å²) in [5.41, 5.74) is 6.66. The molecule has 1 atom stereocenters. The number of hydrogen-bond donors (Lipinski definition) is 1. The Kier molecular flexibility index (Phi) is 5.44. The second-order valence-corrected chi connectivity index (χ2v) is 5.74. The molecule has 0 bridgehead atoms. The molecule has 118 valence electrons. The van der Waals surface area contributed by atoms with Crippen molar-refractivity contribution in [3.05, 3.63) is 40.4 Å². The molecule has 22 heavy (non-hydrogen) atoms. The summed E-state index contributed by atoms with van der Waals surface area (Å²) < 4.78 is 5.28. The van der Waals surface area contributed by atoms with Gasteiger partial charge < -0.3 is 15.4 Å². The van der Waals surface area contributed by atoms with Crippen molar-refractivity contribution in [2.45, 2.75) is 25.8 Å². The standard InChI is InChI=1S/C16H19ClN2O3/c1-11(9-12-4-6-13(17)7-5-12)15(20)22-10-14-3-2-8-19(14)16(18)21/h4-7,9,14H,2-3,8,10H2,1H3,(H2,18,21)/b11-9+. The van der Waals surface area contributed by atoms with Gasteiger partial charge in [0.05, 0.1) is 6.04 Å². The molecule has 1 aliphatic heterocycles. The van der Waals surface area contributed by atoms with Crippen LogP contribution in [0.3, 0.4) is 0 Å². The number of urea groups is 1. The Morgan fingerprint density at radius 2 is 2.09 bits per heavy atom. The van der Waals surface area contributed by atoms with E-state index in [0.717, 1.165) is 18.4 Å². The minimum Gasteiger partial charge on any atom is -0.460 e. The highest BCUT2D eigenvalue weighted by molar-refractivity contribution is 6.30. The fraction of sp³-hybridized carbons (Fsp3) is 0.375. The molecule has 1 saturated heterocycles. The van der Waals surface area contributed by atoms with Crippen LogP contribution in [0.5, 0.6) is 0 Å². The number of esters is 1. The molecule has 0 spiro atoms. The number of amides is 2. The van der Waals surface area contributed by atoms with Crippen LogP contribution in [0.1, 0.15) is 25.3 Å². The molecular formula is C16H19ClN2O3. The van der Waals surface area contributed by atoms with Gasteiger partial charge in [0.25, 0.3) is 0 Å². The van der Waals surface area contributed by atoms with Crippen molar-refractivity contribution in [1.82, 2.24) is 4.90 Å². The summed E-state index contributed by atoms with van der Waals surface area (Å²) in [7, 11) is 0. The van der Waals surface area contributed by atoms with Crippen molar-refractivity contribution in [3.8, 4) is 0 Å². The largest absolute Gasteiger partial charge is 0.460 e. The molecule has 1 heterocycles. The maximum atomic E-state index is 12.0. The zero-order valence-electron chi connectivity index (χ0n) is 12.4. The molecule has 5 nitrogen and oxygen atoms in total. The number of nitrogens with zero attached hydrogens (tertiary/aromatic N) is 1. The average Bonchev–Trinajstić information content (AvgIpc) is 2.95. The van der Waals surface area contributed by atoms with Crippen LogP contribution in [0.2, 0.25) is 5.02 Å². The summed E-state index contributed by atoms with van der Waals surface area (Å²) in [6.07, 6.45) is 3.42. The predicted molar refractivity (Wildman–Crippen MR) is 85.4 cm³/mol. The molecule has 1 unspecified atom stereocenters. The van der Waals surface area contributed by atoms with E-state index in [1.807, 2.05) is 12.1 Å². The highest BCUT2D eigenvalue weighted by Crippen LogP contribution is 2.18. The lowest BCUT2D eigenvalue weighted by atomic mass is 10.1. The number of ether oxygens (including phenoxy) is 1. The average molecular weight is 323 g/mol. The Morgan fingerprint density at radius 1 is 1.41 bits per heavy atom. The zero-order chi connectivity index (χ0) is 16.1. The summed E-state index contributed by atoms with van der Waals surface area (Å²) in [4.78, 5) is 24.8. The van der Waals surface area contributed by atoms with Gasteiger partial charge >= 0.3 is 12.0 Å². The second kappa shape index (κ2) is 7.31. The van der Waals surface area contributed by atoms with Crippen LogP contribution in [0, 0.1) is 0 Å². The monoisotopic (exact) mass is 322 g/mol. The Hall–Kier alpha value is -2.01. The van der Waals surface area contributed by atoms with Gasteiger partial charge in [-0.05, 0) is 43.5 Å². The Bertz CT molecular complexity index is 584. The van der Waals surface area contributed by atoms with E-state index in [1.54, 1.807) is 30.0 Å². The first-order valence-corrected chi connectivity index (χ1v) is 7.52. The van der Waals surface area contributed by atoms with Crippen molar-refractivity contribution < 1.29 is 14.3 Å². The molecule has 0 radical (unpaired) electrons. The van der Waals surface area contributed by atoms with E-state index in [9.17, 15) is 9.59 Å². The molecule has 2 N–H and O–H groups in total. The van der Waals surface area contributed by atoms with Crippen LogP contribution in [0.15, 0.2) is 29.8 Å². The number of benzene rings is 1. The topological polar surface area (TPSA) is 72.6 Å². The molecule has 1 aromatic rings. The van der Waals surface area contributed by atoms with Gasteiger partial charge in [-0.1, -0.05) is 23.7 Å². The number of hydrogen-bond acceptors (Lipinski definition) is 3. The molecule has 1 aromatic carbocycles. The molecule has 1 fully saturated rings. The summed E-state index contributed by atoms with van der Waals surface area (Å²) in [6, 6.07) is 6.58. The minimum absolute atomic E-state index is 0.121. The van der Waals surface area contributed by atoms with E-state index >= 15 is 0 Å². The van der Waals surface area contributed by atoms with Gasteiger partial charge in [-0.15, -0.1) is 0 Å². The first-order chi connectivity index (χ1) is 10.5. The summed E-state index contributed by atoms with van der Waals surface area (Å²) in [5.74, 6) is -0.397. The lowest BCUT2D eigenvalue weighted by Gasteiger charge is -2.22. The molecule has 2 amide bonds. The van der Waals surface area contributed by atoms with Gasteiger partial charge in [-0.3, -0.25) is 0 Å². The smallest absolute Gasteiger partial charge is 0.333 e. The third kappa shape index (κ3) is 4.24. The van der Waals surface area contributed by atoms with Crippen molar-refractivity contribution >= 4 is 29.7 Å². The predicted octanol–water partition coefficient (Wildman–Crippen LogP) is 2.83. The Balaban J connectivity index is 1.91. The van der Waals surface area contributed by atoms with E-state index < -0.39 is 12.0 Å². The van der Waals surface area contributed by atoms with Crippen molar-refractivity contribution in [1.29, 1.82) is 0 Å². The maximum absolute atomic E-state index is 12.0. The molecule has 1 aliphatic rings. The number of likely N-dealkylation sites (tertiary alicyclic amines) is 1. The lowest BCUT2D eigenvalue weighted by Crippen LogP contribution is -2.42. The quantitative estimate of drug-likeness (QED) is 0.684. The van der Waals surface area contributed by atoms with Crippen LogP contribution in [-0.2, 0) is 9.53 Å². The summed E-state index contributed by atoms with van der Waals surface area (Å²) in [5, 5.41) is 0.644. The minimum atomic E-state index is -0.466. The fourth-order valence-corrected chi connectivity index (χ4v) is 2.58. The van der Waals surface area contributed by atoms with Crippen LogP contribution in [0.4, 0.5) is 4.79 Å². The van der Waals surface area contributed by atoms with Gasteiger partial charge in [0.15, 0.2) is 0 Å². The zero-order valence-corrected chi connectivity index (χ0v) is 13.2. The van der Waals surface area contributed by atoms with Crippen molar-refractivity contribution in [2.24, 2.45) is 5.73 Å². The van der Waals surface area contributed by atoms with Crippen LogP contribution >= 0.6 is 11.6 Å². The van der Waals surface area contributed by atoms with E-state index in [1.165, 1.54) is 0 Å². The highest BCUT2D eigenvalue weighted by atomic mass is 35.5. The first kappa shape index (κ1) is 16.4. The van der Waals surface area contributed by atoms with Crippen LogP contribution < -0.4 is 5.73 Å². The van der Waals surface area contributed by atoms with Crippen LogP contribution in [-0.4, -0.2) is 36.1 Å². The molecule has 0 aromatic heterocycles. The number of halogens is 1. The van der Waals surface area contributed by atoms with Gasteiger partial charge in [-0.25, -0.2) is 9.59 Å². The SMILES string of the molecule is C/C(=C\c1ccc(Cl)cc1)C(=O)OCC1CCCN1C(N)=O. The fourth-order valence-electron chi connectivity index (χ4n) is 2.45. The molecule has 2 rings (SSSR count). The van der Waals surface area contributed by atoms with Gasteiger partial charge in [0, 0.05) is 17.1 Å². The number of primary amides is 1. The third-order valence-electron chi connectivity index (χ3n) is 3.64. The highest BCUT2D eigenvalue weighted by Gasteiger charge is 2.28. The molecule has 0 aliphatic carbocycles. The van der Waals surface area contributed by atoms with Gasteiger partial charge in [0.1, 0.15) is 6.61 Å². The summed E-state index contributed by atoms with van der Waals surface area (Å²) >= 11 is 5.82. The van der Waals surface area contributed by atoms with Crippen molar-refractivity contribution in [2.75, 3.05) is 13.2 Å². The Morgan fingerprint density at radius 3 is 2.73 bits per heavy atom. The number of carbonyl (C=O) groups is 2. The normalized spacial score (nSPS) is 18.4. The van der Waals surface area contributed by atoms with E-state index in [0.29, 0.717) is 17.1 Å². The molecular weight excluding hydrogens is 304 g/mol. The lowest BCUT2D eigenvalue weighted by molar-refractivity contribution is -0.140. The second-order valence-electron chi connectivity index (χ2n) is 5.31.